The molecule has 4 amide bonds. The first-order chi connectivity index (χ1) is 11.9. The Morgan fingerprint density at radius 3 is 2.40 bits per heavy atom. The number of aliphatic carboxylic acids is 1. The number of urea groups is 1. The van der Waals surface area contributed by atoms with Crippen LogP contribution in [0.25, 0.3) is 10.8 Å². The van der Waals surface area contributed by atoms with Crippen molar-refractivity contribution in [1.29, 1.82) is 0 Å². The van der Waals surface area contributed by atoms with Gasteiger partial charge in [0.25, 0.3) is 11.8 Å². The number of imide groups is 1. The molecule has 4 N–H and O–H groups in total. The van der Waals surface area contributed by atoms with Gasteiger partial charge in [0.1, 0.15) is 6.54 Å². The summed E-state index contributed by atoms with van der Waals surface area (Å²) in [5.41, 5.74) is 6.10. The van der Waals surface area contributed by atoms with Crippen molar-refractivity contribution in [3.63, 3.8) is 0 Å². The first-order valence-electron chi connectivity index (χ1n) is 7.31. The molecule has 25 heavy (non-hydrogen) atoms. The largest absolute Gasteiger partial charge is 0.480 e. The van der Waals surface area contributed by atoms with E-state index in [9.17, 15) is 19.2 Å². The number of anilines is 1. The fraction of sp³-hybridized carbons (Fsp3) is 0.125. The molecule has 0 spiro atoms. The number of carbonyl (C=O) groups is 4. The minimum atomic E-state index is -1.27. The van der Waals surface area contributed by atoms with Gasteiger partial charge in [-0.2, -0.15) is 0 Å². The van der Waals surface area contributed by atoms with Gasteiger partial charge in [-0.1, -0.05) is 12.1 Å². The topological polar surface area (TPSA) is 128 Å². The Kier molecular flexibility index (Phi) is 3.97. The molecule has 0 saturated carbocycles. The van der Waals surface area contributed by atoms with E-state index in [0.717, 1.165) is 0 Å². The zero-order valence-corrected chi connectivity index (χ0v) is 13.1. The van der Waals surface area contributed by atoms with Crippen molar-refractivity contribution in [1.82, 2.24) is 15.6 Å². The van der Waals surface area contributed by atoms with Gasteiger partial charge in [-0.15, -0.1) is 0 Å². The molecular weight excluding hydrogens is 328 g/mol. The van der Waals surface area contributed by atoms with Crippen molar-refractivity contribution in [3.8, 4) is 0 Å². The van der Waals surface area contributed by atoms with E-state index >= 15 is 0 Å². The highest BCUT2D eigenvalue weighted by atomic mass is 16.4. The lowest BCUT2D eigenvalue weighted by Gasteiger charge is -2.26. The highest BCUT2D eigenvalue weighted by Crippen LogP contribution is 2.34. The van der Waals surface area contributed by atoms with E-state index in [4.69, 9.17) is 5.11 Å². The monoisotopic (exact) mass is 342 g/mol. The maximum Gasteiger partial charge on any atom is 0.333 e. The first-order valence-corrected chi connectivity index (χ1v) is 7.31. The Bertz CT molecular complexity index is 902. The number of nitrogens with zero attached hydrogens (tertiary/aromatic N) is 1. The van der Waals surface area contributed by atoms with Crippen LogP contribution in [0.3, 0.4) is 0 Å². The number of rotatable bonds is 4. The fourth-order valence-electron chi connectivity index (χ4n) is 2.72. The van der Waals surface area contributed by atoms with Gasteiger partial charge in [0.05, 0.1) is 5.69 Å². The van der Waals surface area contributed by atoms with E-state index in [1.807, 2.05) is 0 Å². The Balaban J connectivity index is 2.11. The minimum absolute atomic E-state index is 0.233. The summed E-state index contributed by atoms with van der Waals surface area (Å²) in [4.78, 5) is 48.0. The molecule has 3 rings (SSSR count). The number of nitrogens with one attached hydrogen (secondary N) is 3. The van der Waals surface area contributed by atoms with Crippen LogP contribution in [-0.4, -0.2) is 47.4 Å². The molecule has 1 aliphatic rings. The number of carbonyl (C=O) groups excluding carboxylic acids is 3. The second-order valence-corrected chi connectivity index (χ2v) is 5.31. The molecule has 0 fully saturated rings. The van der Waals surface area contributed by atoms with Crippen molar-refractivity contribution in [3.05, 3.63) is 41.5 Å². The van der Waals surface area contributed by atoms with Gasteiger partial charge in [0.15, 0.2) is 0 Å². The molecule has 0 unspecified atom stereocenters. The maximum absolute atomic E-state index is 12.5. The molecule has 1 heterocycles. The van der Waals surface area contributed by atoms with Crippen molar-refractivity contribution >= 4 is 40.3 Å². The highest BCUT2D eigenvalue weighted by molar-refractivity contribution is 6.27. The van der Waals surface area contributed by atoms with Crippen molar-refractivity contribution in [2.75, 3.05) is 19.0 Å². The van der Waals surface area contributed by atoms with Gasteiger partial charge in [-0.3, -0.25) is 30.1 Å². The predicted octanol–water partition coefficient (Wildman–Crippen LogP) is 0.776. The Labute approximate surface area is 141 Å². The molecular formula is C16H14N4O5. The van der Waals surface area contributed by atoms with Crippen LogP contribution in [0, 0.1) is 0 Å². The van der Waals surface area contributed by atoms with Crippen LogP contribution >= 0.6 is 0 Å². The van der Waals surface area contributed by atoms with Crippen LogP contribution < -0.4 is 16.2 Å². The number of hydrogen-bond donors (Lipinski definition) is 4. The van der Waals surface area contributed by atoms with E-state index < -0.39 is 30.4 Å². The van der Waals surface area contributed by atoms with Crippen LogP contribution in [0.2, 0.25) is 0 Å². The summed E-state index contributed by atoms with van der Waals surface area (Å²) < 4.78 is 0. The summed E-state index contributed by atoms with van der Waals surface area (Å²) in [6.45, 7) is -0.703. The second-order valence-electron chi connectivity index (χ2n) is 5.31. The van der Waals surface area contributed by atoms with Gasteiger partial charge in [-0.25, -0.2) is 4.79 Å². The van der Waals surface area contributed by atoms with Crippen LogP contribution in [0.4, 0.5) is 10.5 Å². The lowest BCUT2D eigenvalue weighted by Crippen LogP contribution is -2.43. The number of carboxylic acids is 1. The third-order valence-corrected chi connectivity index (χ3v) is 3.82. The first kappa shape index (κ1) is 16.2. The third-order valence-electron chi connectivity index (χ3n) is 3.82. The van der Waals surface area contributed by atoms with E-state index in [0.29, 0.717) is 21.4 Å². The SMILES string of the molecule is CNC(=O)NNc1ccc2c3c(cccc13)C(=O)N(CC(=O)O)C2=O. The van der Waals surface area contributed by atoms with Crippen LogP contribution in [0.5, 0.6) is 0 Å². The molecule has 9 heteroatoms. The van der Waals surface area contributed by atoms with E-state index in [1.165, 1.54) is 19.2 Å². The lowest BCUT2D eigenvalue weighted by atomic mass is 9.93. The summed E-state index contributed by atoms with van der Waals surface area (Å²) in [7, 11) is 1.46. The van der Waals surface area contributed by atoms with Gasteiger partial charge in [0.2, 0.25) is 0 Å². The smallest absolute Gasteiger partial charge is 0.333 e. The normalized spacial score (nSPS) is 12.9. The van der Waals surface area contributed by atoms with E-state index in [2.05, 4.69) is 16.2 Å². The van der Waals surface area contributed by atoms with Crippen molar-refractivity contribution in [2.45, 2.75) is 0 Å². The van der Waals surface area contributed by atoms with Crippen LogP contribution in [0.15, 0.2) is 30.3 Å². The number of benzene rings is 2. The number of hydrazine groups is 1. The van der Waals surface area contributed by atoms with Crippen LogP contribution in [-0.2, 0) is 4.79 Å². The zero-order valence-electron chi connectivity index (χ0n) is 13.1. The Morgan fingerprint density at radius 2 is 1.76 bits per heavy atom. The zero-order chi connectivity index (χ0) is 18.1. The average Bonchev–Trinajstić information content (AvgIpc) is 2.61. The molecule has 0 atom stereocenters. The van der Waals surface area contributed by atoms with Crippen molar-refractivity contribution in [2.24, 2.45) is 0 Å². The van der Waals surface area contributed by atoms with Gasteiger partial charge in [0, 0.05) is 28.9 Å². The second kappa shape index (κ2) is 6.11. The third kappa shape index (κ3) is 2.71. The molecule has 0 radical (unpaired) electrons. The predicted molar refractivity (Wildman–Crippen MR) is 88.2 cm³/mol. The molecule has 0 bridgehead atoms. The molecule has 2 aromatic rings. The molecule has 1 aliphatic heterocycles. The molecule has 128 valence electrons. The molecule has 9 nitrogen and oxygen atoms in total. The minimum Gasteiger partial charge on any atom is -0.480 e. The Hall–Kier alpha value is -3.62. The average molecular weight is 342 g/mol. The molecule has 0 aliphatic carbocycles. The van der Waals surface area contributed by atoms with E-state index in [-0.39, 0.29) is 11.1 Å². The quantitative estimate of drug-likeness (QED) is 0.480. The van der Waals surface area contributed by atoms with Gasteiger partial charge < -0.3 is 10.4 Å². The number of amides is 4. The Morgan fingerprint density at radius 1 is 1.08 bits per heavy atom. The van der Waals surface area contributed by atoms with E-state index in [1.54, 1.807) is 18.2 Å². The molecule has 2 aromatic carbocycles. The summed E-state index contributed by atoms with van der Waals surface area (Å²) in [5, 5.41) is 12.3. The molecule has 0 aromatic heterocycles. The summed E-state index contributed by atoms with van der Waals surface area (Å²) in [6.07, 6.45) is 0. The van der Waals surface area contributed by atoms with Crippen molar-refractivity contribution < 1.29 is 24.3 Å². The molecule has 0 saturated heterocycles. The summed E-state index contributed by atoms with van der Waals surface area (Å²) >= 11 is 0. The maximum atomic E-state index is 12.5. The lowest BCUT2D eigenvalue weighted by molar-refractivity contribution is -0.137. The highest BCUT2D eigenvalue weighted by Gasteiger charge is 2.34. The summed E-state index contributed by atoms with van der Waals surface area (Å²) in [5.74, 6) is -2.60. The number of hydrogen-bond acceptors (Lipinski definition) is 5. The summed E-state index contributed by atoms with van der Waals surface area (Å²) in [6, 6.07) is 7.46. The van der Waals surface area contributed by atoms with Crippen LogP contribution in [0.1, 0.15) is 20.7 Å². The standard InChI is InChI=1S/C16H14N4O5/c1-17-16(25)19-18-11-6-5-10-13-8(11)3-2-4-9(13)14(23)20(15(10)24)7-12(21)22/h2-6,18H,7H2,1H3,(H,21,22)(H2,17,19,25). The fourth-order valence-corrected chi connectivity index (χ4v) is 2.72. The van der Waals surface area contributed by atoms with Gasteiger partial charge >= 0.3 is 12.0 Å². The van der Waals surface area contributed by atoms with Gasteiger partial charge in [-0.05, 0) is 18.2 Å². The number of carboxylic acid groups (broad SMARTS) is 1.